The van der Waals surface area contributed by atoms with Gasteiger partial charge in [-0.2, -0.15) is 5.10 Å². The highest BCUT2D eigenvalue weighted by atomic mass is 15.3. The zero-order chi connectivity index (χ0) is 10.4. The summed E-state index contributed by atoms with van der Waals surface area (Å²) in [5, 5.41) is 7.63. The Morgan fingerprint density at radius 3 is 2.93 bits per heavy atom. The number of hydrogen-bond donors (Lipinski definition) is 1. The predicted molar refractivity (Wildman–Crippen MR) is 59.5 cm³/mol. The van der Waals surface area contributed by atoms with Crippen LogP contribution in [0.5, 0.6) is 0 Å². The minimum Gasteiger partial charge on any atom is -0.317 e. The molecule has 1 unspecified atom stereocenters. The van der Waals surface area contributed by atoms with Crippen molar-refractivity contribution in [2.24, 2.45) is 0 Å². The van der Waals surface area contributed by atoms with E-state index >= 15 is 0 Å². The van der Waals surface area contributed by atoms with Crippen LogP contribution in [-0.2, 0) is 6.54 Å². The molecule has 0 saturated heterocycles. The lowest BCUT2D eigenvalue weighted by molar-refractivity contribution is 0.542. The second-order valence-corrected chi connectivity index (χ2v) is 3.62. The van der Waals surface area contributed by atoms with Gasteiger partial charge in [0.05, 0.1) is 0 Å². The first kappa shape index (κ1) is 11.2. The third-order valence-corrected chi connectivity index (χ3v) is 2.56. The Kier molecular flexibility index (Phi) is 4.66. The van der Waals surface area contributed by atoms with Gasteiger partial charge < -0.3 is 5.32 Å². The zero-order valence-corrected chi connectivity index (χ0v) is 9.45. The first-order valence-corrected chi connectivity index (χ1v) is 5.52. The van der Waals surface area contributed by atoms with Gasteiger partial charge in [-0.05, 0) is 38.4 Å². The maximum absolute atomic E-state index is 4.28. The van der Waals surface area contributed by atoms with Gasteiger partial charge >= 0.3 is 0 Å². The summed E-state index contributed by atoms with van der Waals surface area (Å²) in [6.07, 6.45) is 3.07. The van der Waals surface area contributed by atoms with E-state index in [1.54, 1.807) is 0 Å². The summed E-state index contributed by atoms with van der Waals surface area (Å²) in [5.41, 5.74) is 1.35. The molecule has 3 heteroatoms. The number of aromatic nitrogens is 2. The quantitative estimate of drug-likeness (QED) is 0.704. The van der Waals surface area contributed by atoms with Crippen molar-refractivity contribution in [1.82, 2.24) is 15.1 Å². The van der Waals surface area contributed by atoms with Crippen LogP contribution >= 0.6 is 0 Å². The second kappa shape index (κ2) is 5.81. The molecular weight excluding hydrogens is 174 g/mol. The molecule has 80 valence electrons. The Labute approximate surface area is 86.5 Å². The van der Waals surface area contributed by atoms with Crippen LogP contribution in [0.4, 0.5) is 0 Å². The number of nitrogens with one attached hydrogen (secondary N) is 1. The van der Waals surface area contributed by atoms with Gasteiger partial charge in [0.25, 0.3) is 0 Å². The number of aryl methyl sites for hydroxylation is 1. The van der Waals surface area contributed by atoms with Crippen molar-refractivity contribution in [2.45, 2.75) is 39.7 Å². The van der Waals surface area contributed by atoms with Gasteiger partial charge in [-0.15, -0.1) is 0 Å². The summed E-state index contributed by atoms with van der Waals surface area (Å²) in [6, 6.07) is 2.13. The molecule has 0 spiro atoms. The van der Waals surface area contributed by atoms with Crippen molar-refractivity contribution in [3.63, 3.8) is 0 Å². The minimum atomic E-state index is 0.594. The van der Waals surface area contributed by atoms with E-state index in [2.05, 4.69) is 41.9 Å². The zero-order valence-electron chi connectivity index (χ0n) is 9.45. The smallest absolute Gasteiger partial charge is 0.0492 e. The van der Waals surface area contributed by atoms with Gasteiger partial charge in [0.2, 0.25) is 0 Å². The molecule has 0 saturated carbocycles. The summed E-state index contributed by atoms with van der Waals surface area (Å²) < 4.78 is 2.08. The number of rotatable bonds is 6. The van der Waals surface area contributed by atoms with Crippen molar-refractivity contribution >= 4 is 0 Å². The summed E-state index contributed by atoms with van der Waals surface area (Å²) in [7, 11) is 0. The Hall–Kier alpha value is -0.830. The molecule has 1 N–H and O–H groups in total. The van der Waals surface area contributed by atoms with Crippen LogP contribution in [0.2, 0.25) is 0 Å². The van der Waals surface area contributed by atoms with Crippen LogP contribution in [0.1, 0.15) is 38.8 Å². The molecule has 0 radical (unpaired) electrons. The van der Waals surface area contributed by atoms with Crippen molar-refractivity contribution in [3.8, 4) is 0 Å². The van der Waals surface area contributed by atoms with Gasteiger partial charge in [-0.3, -0.25) is 4.68 Å². The summed E-state index contributed by atoms with van der Waals surface area (Å²) in [4.78, 5) is 0. The third kappa shape index (κ3) is 2.84. The van der Waals surface area contributed by atoms with E-state index in [1.807, 2.05) is 6.20 Å². The molecular formula is C11H21N3. The Morgan fingerprint density at radius 1 is 1.50 bits per heavy atom. The normalized spacial score (nSPS) is 13.1. The van der Waals surface area contributed by atoms with Crippen LogP contribution in [0.15, 0.2) is 12.3 Å². The van der Waals surface area contributed by atoms with E-state index in [0.29, 0.717) is 5.92 Å². The van der Waals surface area contributed by atoms with Crippen molar-refractivity contribution in [2.75, 3.05) is 13.1 Å². The van der Waals surface area contributed by atoms with E-state index in [-0.39, 0.29) is 0 Å². The lowest BCUT2D eigenvalue weighted by Gasteiger charge is -2.13. The molecule has 0 aliphatic heterocycles. The van der Waals surface area contributed by atoms with E-state index in [9.17, 15) is 0 Å². The Morgan fingerprint density at radius 2 is 2.29 bits per heavy atom. The molecule has 0 aliphatic rings. The molecule has 0 bridgehead atoms. The molecule has 0 fully saturated rings. The Balaban J connectivity index is 2.47. The lowest BCUT2D eigenvalue weighted by atomic mass is 10.0. The maximum Gasteiger partial charge on any atom is 0.0492 e. The molecule has 0 amide bonds. The summed E-state index contributed by atoms with van der Waals surface area (Å²) in [6.45, 7) is 9.65. The van der Waals surface area contributed by atoms with Crippen molar-refractivity contribution < 1.29 is 0 Å². The first-order valence-electron chi connectivity index (χ1n) is 5.52. The molecule has 1 heterocycles. The molecule has 1 atom stereocenters. The fourth-order valence-corrected chi connectivity index (χ4v) is 1.67. The lowest BCUT2D eigenvalue weighted by Crippen LogP contribution is -2.17. The molecule has 14 heavy (non-hydrogen) atoms. The van der Waals surface area contributed by atoms with Crippen LogP contribution < -0.4 is 5.32 Å². The van der Waals surface area contributed by atoms with Crippen LogP contribution in [-0.4, -0.2) is 22.9 Å². The van der Waals surface area contributed by atoms with E-state index < -0.39 is 0 Å². The standard InChI is InChI=1S/C11H21N3/c1-4-12-8-6-10(3)11-7-9-13-14(11)5-2/h7,9-10,12H,4-6,8H2,1-3H3. The minimum absolute atomic E-state index is 0.594. The number of nitrogens with zero attached hydrogens (tertiary/aromatic N) is 2. The average Bonchev–Trinajstić information content (AvgIpc) is 2.65. The van der Waals surface area contributed by atoms with Gasteiger partial charge in [-0.1, -0.05) is 13.8 Å². The highest BCUT2D eigenvalue weighted by Gasteiger charge is 2.09. The van der Waals surface area contributed by atoms with Gasteiger partial charge in [0.1, 0.15) is 0 Å². The molecule has 1 rings (SSSR count). The molecule has 0 aliphatic carbocycles. The topological polar surface area (TPSA) is 29.9 Å². The van der Waals surface area contributed by atoms with E-state index in [4.69, 9.17) is 0 Å². The van der Waals surface area contributed by atoms with Crippen molar-refractivity contribution in [3.05, 3.63) is 18.0 Å². The van der Waals surface area contributed by atoms with Gasteiger partial charge in [0.15, 0.2) is 0 Å². The van der Waals surface area contributed by atoms with Crippen LogP contribution in [0.25, 0.3) is 0 Å². The SMILES string of the molecule is CCNCCC(C)c1ccnn1CC. The largest absolute Gasteiger partial charge is 0.317 e. The van der Waals surface area contributed by atoms with Crippen LogP contribution in [0, 0.1) is 0 Å². The monoisotopic (exact) mass is 195 g/mol. The van der Waals surface area contributed by atoms with Gasteiger partial charge in [-0.25, -0.2) is 0 Å². The number of hydrogen-bond acceptors (Lipinski definition) is 2. The van der Waals surface area contributed by atoms with E-state index in [0.717, 1.165) is 19.6 Å². The molecule has 0 aromatic carbocycles. The van der Waals surface area contributed by atoms with Gasteiger partial charge in [0, 0.05) is 18.4 Å². The highest BCUT2D eigenvalue weighted by molar-refractivity contribution is 5.06. The average molecular weight is 195 g/mol. The fraction of sp³-hybridized carbons (Fsp3) is 0.727. The molecule has 1 aromatic rings. The summed E-state index contributed by atoms with van der Waals surface area (Å²) in [5.74, 6) is 0.594. The van der Waals surface area contributed by atoms with Crippen molar-refractivity contribution in [1.29, 1.82) is 0 Å². The second-order valence-electron chi connectivity index (χ2n) is 3.62. The Bertz CT molecular complexity index is 255. The third-order valence-electron chi connectivity index (χ3n) is 2.56. The highest BCUT2D eigenvalue weighted by Crippen LogP contribution is 2.17. The van der Waals surface area contributed by atoms with Crippen LogP contribution in [0.3, 0.4) is 0 Å². The molecule has 3 nitrogen and oxygen atoms in total. The predicted octanol–water partition coefficient (Wildman–Crippen LogP) is 2.01. The maximum atomic E-state index is 4.28. The summed E-state index contributed by atoms with van der Waals surface area (Å²) >= 11 is 0. The first-order chi connectivity index (χ1) is 6.79. The fourth-order valence-electron chi connectivity index (χ4n) is 1.67. The molecule has 1 aromatic heterocycles. The van der Waals surface area contributed by atoms with E-state index in [1.165, 1.54) is 12.1 Å².